The van der Waals surface area contributed by atoms with Gasteiger partial charge in [-0.25, -0.2) is 0 Å². The van der Waals surface area contributed by atoms with Gasteiger partial charge in [-0.2, -0.15) is 4.73 Å². The Morgan fingerprint density at radius 3 is 2.80 bits per heavy atom. The Morgan fingerprint density at radius 2 is 2.30 bits per heavy atom. The van der Waals surface area contributed by atoms with Crippen molar-refractivity contribution in [3.63, 3.8) is 0 Å². The molecule has 0 aromatic carbocycles. The van der Waals surface area contributed by atoms with Crippen molar-refractivity contribution < 1.29 is 4.73 Å². The summed E-state index contributed by atoms with van der Waals surface area (Å²) in [5.74, 6) is 0. The van der Waals surface area contributed by atoms with Crippen molar-refractivity contribution in [2.24, 2.45) is 0 Å². The number of nitrogens with zero attached hydrogens (tertiary/aromatic N) is 1. The number of nitrogens with two attached hydrogens (primary N) is 1. The molecule has 0 radical (unpaired) electrons. The Labute approximate surface area is 63.6 Å². The first-order chi connectivity index (χ1) is 4.63. The van der Waals surface area contributed by atoms with Crippen molar-refractivity contribution >= 4 is 17.3 Å². The van der Waals surface area contributed by atoms with Crippen LogP contribution in [0.5, 0.6) is 0 Å². The quantitative estimate of drug-likeness (QED) is 0.346. The molecular formula is C6H7ClN2O. The lowest BCUT2D eigenvalue weighted by Crippen LogP contribution is -2.27. The highest BCUT2D eigenvalue weighted by Crippen LogP contribution is 2.16. The Kier molecular flexibility index (Phi) is 1.68. The van der Waals surface area contributed by atoms with E-state index in [0.29, 0.717) is 10.4 Å². The predicted octanol–water partition coefficient (Wildman–Crippen LogP) is 0.864. The number of hydrogen-bond acceptors (Lipinski definition) is 2. The lowest BCUT2D eigenvalue weighted by molar-refractivity contribution is -0.602. The minimum atomic E-state index is 0.0417. The summed E-state index contributed by atoms with van der Waals surface area (Å²) in [6, 6.07) is 1.62. The van der Waals surface area contributed by atoms with E-state index < -0.39 is 0 Å². The van der Waals surface area contributed by atoms with Crippen molar-refractivity contribution in [2.45, 2.75) is 6.92 Å². The zero-order chi connectivity index (χ0) is 7.72. The zero-order valence-electron chi connectivity index (χ0n) is 5.47. The van der Waals surface area contributed by atoms with E-state index in [-0.39, 0.29) is 5.15 Å². The lowest BCUT2D eigenvalue weighted by Gasteiger charge is -2.01. The third-order valence-electron chi connectivity index (χ3n) is 1.30. The molecule has 1 aromatic heterocycles. The predicted molar refractivity (Wildman–Crippen MR) is 39.6 cm³/mol. The van der Waals surface area contributed by atoms with Crippen LogP contribution < -0.4 is 10.5 Å². The highest BCUT2D eigenvalue weighted by atomic mass is 35.5. The van der Waals surface area contributed by atoms with Crippen LogP contribution in [0, 0.1) is 12.1 Å². The molecule has 0 atom stereocenters. The second-order valence-electron chi connectivity index (χ2n) is 2.03. The summed E-state index contributed by atoms with van der Waals surface area (Å²) < 4.78 is 0.532. The molecule has 1 heterocycles. The van der Waals surface area contributed by atoms with Crippen LogP contribution in [0.3, 0.4) is 0 Å². The van der Waals surface area contributed by atoms with Crippen molar-refractivity contribution in [3.8, 4) is 0 Å². The van der Waals surface area contributed by atoms with Crippen LogP contribution in [0.1, 0.15) is 5.56 Å². The highest BCUT2D eigenvalue weighted by molar-refractivity contribution is 6.31. The molecule has 0 unspecified atom stereocenters. The number of halogens is 1. The van der Waals surface area contributed by atoms with Crippen LogP contribution in [-0.4, -0.2) is 0 Å². The van der Waals surface area contributed by atoms with Crippen molar-refractivity contribution in [2.75, 3.05) is 5.73 Å². The molecule has 0 aliphatic rings. The van der Waals surface area contributed by atoms with Gasteiger partial charge >= 0.3 is 5.15 Å². The summed E-state index contributed by atoms with van der Waals surface area (Å²) in [7, 11) is 0. The summed E-state index contributed by atoms with van der Waals surface area (Å²) in [4.78, 5) is 0. The monoisotopic (exact) mass is 158 g/mol. The van der Waals surface area contributed by atoms with E-state index in [4.69, 9.17) is 17.3 Å². The molecule has 0 amide bonds. The van der Waals surface area contributed by atoms with Gasteiger partial charge < -0.3 is 10.9 Å². The van der Waals surface area contributed by atoms with E-state index in [0.717, 1.165) is 5.56 Å². The molecule has 3 nitrogen and oxygen atoms in total. The van der Waals surface area contributed by atoms with Gasteiger partial charge in [0.05, 0.1) is 0 Å². The molecule has 0 fully saturated rings. The van der Waals surface area contributed by atoms with E-state index in [1.165, 1.54) is 6.20 Å². The number of aryl methyl sites for hydroxylation is 1. The number of pyridine rings is 1. The van der Waals surface area contributed by atoms with E-state index in [2.05, 4.69) is 0 Å². The molecule has 0 saturated heterocycles. The van der Waals surface area contributed by atoms with Crippen molar-refractivity contribution in [1.29, 1.82) is 0 Å². The van der Waals surface area contributed by atoms with E-state index in [9.17, 15) is 5.21 Å². The Hall–Kier alpha value is -0.960. The second-order valence-corrected chi connectivity index (χ2v) is 2.39. The summed E-state index contributed by atoms with van der Waals surface area (Å²) in [5, 5.41) is 10.7. The van der Waals surface area contributed by atoms with Crippen LogP contribution in [0.25, 0.3) is 0 Å². The van der Waals surface area contributed by atoms with Gasteiger partial charge in [-0.05, 0) is 24.1 Å². The van der Waals surface area contributed by atoms with E-state index in [1.807, 2.05) is 0 Å². The minimum absolute atomic E-state index is 0.0417. The van der Waals surface area contributed by atoms with Crippen molar-refractivity contribution in [3.05, 3.63) is 28.2 Å². The molecule has 0 aliphatic heterocycles. The van der Waals surface area contributed by atoms with Gasteiger partial charge in [-0.3, -0.25) is 0 Å². The molecule has 0 aliphatic carbocycles. The van der Waals surface area contributed by atoms with Crippen LogP contribution in [0.15, 0.2) is 12.3 Å². The number of rotatable bonds is 0. The molecule has 0 spiro atoms. The molecular weight excluding hydrogens is 152 g/mol. The summed E-state index contributed by atoms with van der Waals surface area (Å²) in [5.41, 5.74) is 6.59. The first-order valence-electron chi connectivity index (χ1n) is 2.76. The lowest BCUT2D eigenvalue weighted by atomic mass is 10.3. The number of hydrogen-bond donors (Lipinski definition) is 1. The van der Waals surface area contributed by atoms with Crippen LogP contribution in [0.2, 0.25) is 5.15 Å². The number of nitrogen functional groups attached to an aromatic ring is 1. The Bertz CT molecular complexity index is 235. The fraction of sp³-hybridized carbons (Fsp3) is 0.167. The van der Waals surface area contributed by atoms with Crippen molar-refractivity contribution in [1.82, 2.24) is 0 Å². The van der Waals surface area contributed by atoms with Gasteiger partial charge in [0.2, 0.25) is 0 Å². The molecule has 1 aromatic rings. The largest absolute Gasteiger partial charge is 0.618 e. The molecule has 0 saturated carbocycles. The van der Waals surface area contributed by atoms with Gasteiger partial charge in [0, 0.05) is 6.07 Å². The first kappa shape index (κ1) is 7.15. The average Bonchev–Trinajstić information content (AvgIpc) is 1.93. The smallest absolute Gasteiger partial charge is 0.309 e. The molecule has 1 rings (SSSR count). The Balaban J connectivity index is 3.34. The van der Waals surface area contributed by atoms with Gasteiger partial charge in [-0.1, -0.05) is 0 Å². The topological polar surface area (TPSA) is 53.0 Å². The minimum Gasteiger partial charge on any atom is -0.618 e. The molecule has 2 N–H and O–H groups in total. The maximum atomic E-state index is 10.7. The summed E-state index contributed by atoms with van der Waals surface area (Å²) in [6.07, 6.45) is 1.33. The molecule has 0 bridgehead atoms. The molecule has 4 heteroatoms. The fourth-order valence-electron chi connectivity index (χ4n) is 0.616. The van der Waals surface area contributed by atoms with Gasteiger partial charge in [-0.15, -0.1) is 0 Å². The third-order valence-corrected chi connectivity index (χ3v) is 1.67. The first-order valence-corrected chi connectivity index (χ1v) is 3.14. The number of aromatic nitrogens is 1. The van der Waals surface area contributed by atoms with Gasteiger partial charge in [0.15, 0.2) is 6.20 Å². The zero-order valence-corrected chi connectivity index (χ0v) is 6.22. The SMILES string of the molecule is Cc1cc[n+]([O-])c(Cl)c1N. The average molecular weight is 159 g/mol. The van der Waals surface area contributed by atoms with E-state index in [1.54, 1.807) is 13.0 Å². The maximum absolute atomic E-state index is 10.7. The summed E-state index contributed by atoms with van der Waals surface area (Å²) in [6.45, 7) is 1.79. The van der Waals surface area contributed by atoms with Gasteiger partial charge in [0.1, 0.15) is 5.69 Å². The number of anilines is 1. The second kappa shape index (κ2) is 2.34. The standard InChI is InChI=1S/C6H7ClN2O/c1-4-2-3-9(10)6(7)5(4)8/h2-3H,8H2,1H3. The third kappa shape index (κ3) is 0.998. The Morgan fingerprint density at radius 1 is 1.70 bits per heavy atom. The molecule has 54 valence electrons. The summed E-state index contributed by atoms with van der Waals surface area (Å²) >= 11 is 5.51. The molecule has 10 heavy (non-hydrogen) atoms. The highest BCUT2D eigenvalue weighted by Gasteiger charge is 2.07. The fourth-order valence-corrected chi connectivity index (χ4v) is 0.822. The van der Waals surface area contributed by atoms with Crippen LogP contribution >= 0.6 is 11.6 Å². The van der Waals surface area contributed by atoms with E-state index >= 15 is 0 Å². The van der Waals surface area contributed by atoms with Crippen LogP contribution in [0.4, 0.5) is 5.69 Å². The maximum Gasteiger partial charge on any atom is 0.309 e. The van der Waals surface area contributed by atoms with Gasteiger partial charge in [0.25, 0.3) is 0 Å². The van der Waals surface area contributed by atoms with Crippen LogP contribution in [-0.2, 0) is 0 Å². The normalized spacial score (nSPS) is 9.80.